The van der Waals surface area contributed by atoms with Crippen molar-refractivity contribution in [3.8, 4) is 0 Å². The van der Waals surface area contributed by atoms with Crippen LogP contribution in [-0.4, -0.2) is 31.3 Å². The molecule has 16 heavy (non-hydrogen) atoms. The van der Waals surface area contributed by atoms with Crippen LogP contribution in [0.15, 0.2) is 5.38 Å². The molecule has 1 aliphatic rings. The van der Waals surface area contributed by atoms with Gasteiger partial charge in [-0.15, -0.1) is 22.9 Å². The average Bonchev–Trinajstić information content (AvgIpc) is 2.79. The summed E-state index contributed by atoms with van der Waals surface area (Å²) in [5.74, 6) is 0.490. The Morgan fingerprint density at radius 1 is 1.62 bits per heavy atom. The van der Waals surface area contributed by atoms with Gasteiger partial charge in [0.1, 0.15) is 0 Å². The highest BCUT2D eigenvalue weighted by atomic mass is 35.5. The fourth-order valence-corrected chi connectivity index (χ4v) is 2.90. The highest BCUT2D eigenvalue weighted by Gasteiger charge is 2.17. The summed E-state index contributed by atoms with van der Waals surface area (Å²) >= 11 is 7.38. The molecule has 1 atom stereocenters. The van der Waals surface area contributed by atoms with Crippen molar-refractivity contribution in [2.45, 2.75) is 31.2 Å². The monoisotopic (exact) mass is 260 g/mol. The van der Waals surface area contributed by atoms with Crippen LogP contribution in [0, 0.1) is 0 Å². The van der Waals surface area contributed by atoms with Crippen LogP contribution >= 0.6 is 22.9 Å². The number of likely N-dealkylation sites (N-methyl/N-ethyl adjacent to an activating group) is 1. The van der Waals surface area contributed by atoms with E-state index in [1.54, 1.807) is 11.3 Å². The van der Waals surface area contributed by atoms with Crippen molar-refractivity contribution in [1.29, 1.82) is 0 Å². The molecule has 0 saturated carbocycles. The van der Waals surface area contributed by atoms with Gasteiger partial charge in [-0.05, 0) is 19.3 Å². The molecule has 5 heteroatoms. The molecule has 0 spiro atoms. The smallest absolute Gasteiger partial charge is 0.185 e. The summed E-state index contributed by atoms with van der Waals surface area (Å²) in [6.07, 6.45) is 4.01. The fraction of sp³-hybridized carbons (Fsp3) is 0.727. The van der Waals surface area contributed by atoms with Crippen molar-refractivity contribution in [3.05, 3.63) is 11.1 Å². The minimum Gasteiger partial charge on any atom is -0.376 e. The molecule has 2 heterocycles. The zero-order chi connectivity index (χ0) is 11.4. The summed E-state index contributed by atoms with van der Waals surface area (Å²) in [5.41, 5.74) is 0.957. The molecule has 0 aliphatic carbocycles. The number of halogens is 1. The molecule has 0 N–H and O–H groups in total. The standard InChI is InChI=1S/C11H17ClN2OS/c1-14(7-10-4-2-3-5-15-10)11-13-9(6-12)8-16-11/h8,10H,2-7H2,1H3. The van der Waals surface area contributed by atoms with Gasteiger partial charge in [0.25, 0.3) is 0 Å². The van der Waals surface area contributed by atoms with Gasteiger partial charge >= 0.3 is 0 Å². The maximum absolute atomic E-state index is 5.74. The average molecular weight is 261 g/mol. The number of anilines is 1. The molecule has 0 amide bonds. The Labute approximate surface area is 105 Å². The predicted octanol–water partition coefficient (Wildman–Crippen LogP) is 2.89. The number of aromatic nitrogens is 1. The van der Waals surface area contributed by atoms with Gasteiger partial charge in [0, 0.05) is 25.6 Å². The van der Waals surface area contributed by atoms with Crippen LogP contribution in [0.3, 0.4) is 0 Å². The predicted molar refractivity (Wildman–Crippen MR) is 68.5 cm³/mol. The molecule has 1 aliphatic heterocycles. The van der Waals surface area contributed by atoms with E-state index in [9.17, 15) is 0 Å². The molecular formula is C11H17ClN2OS. The summed E-state index contributed by atoms with van der Waals surface area (Å²) < 4.78 is 5.71. The number of hydrogen-bond donors (Lipinski definition) is 0. The Morgan fingerprint density at radius 2 is 2.50 bits per heavy atom. The SMILES string of the molecule is CN(CC1CCCCO1)c1nc(CCl)cs1. The van der Waals surface area contributed by atoms with Crippen LogP contribution in [0.1, 0.15) is 25.0 Å². The van der Waals surface area contributed by atoms with E-state index in [-0.39, 0.29) is 0 Å². The fourth-order valence-electron chi connectivity index (χ4n) is 1.87. The first-order chi connectivity index (χ1) is 7.79. The number of alkyl halides is 1. The van der Waals surface area contributed by atoms with Crippen LogP contribution in [0.5, 0.6) is 0 Å². The minimum absolute atomic E-state index is 0.363. The summed E-state index contributed by atoms with van der Waals surface area (Å²) in [5, 5.41) is 3.05. The zero-order valence-electron chi connectivity index (χ0n) is 9.49. The van der Waals surface area contributed by atoms with Crippen LogP contribution in [0.2, 0.25) is 0 Å². The summed E-state index contributed by atoms with van der Waals surface area (Å²) in [4.78, 5) is 6.61. The number of nitrogens with zero attached hydrogens (tertiary/aromatic N) is 2. The van der Waals surface area contributed by atoms with E-state index in [4.69, 9.17) is 16.3 Å². The van der Waals surface area contributed by atoms with E-state index in [0.29, 0.717) is 12.0 Å². The molecule has 1 aromatic heterocycles. The lowest BCUT2D eigenvalue weighted by molar-refractivity contribution is 0.0216. The number of hydrogen-bond acceptors (Lipinski definition) is 4. The molecular weight excluding hydrogens is 244 g/mol. The largest absolute Gasteiger partial charge is 0.376 e. The third kappa shape index (κ3) is 3.09. The van der Waals surface area contributed by atoms with E-state index < -0.39 is 0 Å². The Morgan fingerprint density at radius 3 is 3.12 bits per heavy atom. The van der Waals surface area contributed by atoms with E-state index in [0.717, 1.165) is 30.4 Å². The molecule has 2 rings (SSSR count). The van der Waals surface area contributed by atoms with Crippen molar-refractivity contribution in [1.82, 2.24) is 4.98 Å². The quantitative estimate of drug-likeness (QED) is 0.779. The Bertz CT molecular complexity index is 326. The van der Waals surface area contributed by atoms with Gasteiger partial charge in [0.2, 0.25) is 0 Å². The van der Waals surface area contributed by atoms with Gasteiger partial charge in [-0.2, -0.15) is 0 Å². The molecule has 0 aromatic carbocycles. The number of rotatable bonds is 4. The second-order valence-corrected chi connectivity index (χ2v) is 5.23. The third-order valence-electron chi connectivity index (χ3n) is 2.75. The normalized spacial score (nSPS) is 21.0. The van der Waals surface area contributed by atoms with Crippen molar-refractivity contribution >= 4 is 28.1 Å². The van der Waals surface area contributed by atoms with Gasteiger partial charge < -0.3 is 9.64 Å². The summed E-state index contributed by atoms with van der Waals surface area (Å²) in [7, 11) is 2.06. The van der Waals surface area contributed by atoms with Crippen LogP contribution in [0.25, 0.3) is 0 Å². The minimum atomic E-state index is 0.363. The Kier molecular flexibility index (Phi) is 4.44. The summed E-state index contributed by atoms with van der Waals surface area (Å²) in [6, 6.07) is 0. The van der Waals surface area contributed by atoms with Crippen molar-refractivity contribution in [2.24, 2.45) is 0 Å². The lowest BCUT2D eigenvalue weighted by Crippen LogP contribution is -2.33. The Hall–Kier alpha value is -0.320. The number of thiazole rings is 1. The first-order valence-electron chi connectivity index (χ1n) is 5.62. The lowest BCUT2D eigenvalue weighted by atomic mass is 10.1. The molecule has 1 unspecified atom stereocenters. The van der Waals surface area contributed by atoms with E-state index in [2.05, 4.69) is 16.9 Å². The topological polar surface area (TPSA) is 25.4 Å². The van der Waals surface area contributed by atoms with Gasteiger partial charge in [-0.1, -0.05) is 0 Å². The third-order valence-corrected chi connectivity index (χ3v) is 4.03. The molecule has 1 aromatic rings. The highest BCUT2D eigenvalue weighted by Crippen LogP contribution is 2.22. The maximum atomic E-state index is 5.74. The van der Waals surface area contributed by atoms with Crippen molar-refractivity contribution < 1.29 is 4.74 Å². The van der Waals surface area contributed by atoms with Gasteiger partial charge in [0.05, 0.1) is 17.7 Å². The van der Waals surface area contributed by atoms with Crippen LogP contribution in [-0.2, 0) is 10.6 Å². The van der Waals surface area contributed by atoms with E-state index in [1.165, 1.54) is 12.8 Å². The van der Waals surface area contributed by atoms with Gasteiger partial charge in [0.15, 0.2) is 5.13 Å². The highest BCUT2D eigenvalue weighted by molar-refractivity contribution is 7.13. The van der Waals surface area contributed by atoms with Crippen LogP contribution < -0.4 is 4.90 Å². The molecule has 0 bridgehead atoms. The molecule has 3 nitrogen and oxygen atoms in total. The maximum Gasteiger partial charge on any atom is 0.185 e. The lowest BCUT2D eigenvalue weighted by Gasteiger charge is -2.27. The van der Waals surface area contributed by atoms with Crippen LogP contribution in [0.4, 0.5) is 5.13 Å². The van der Waals surface area contributed by atoms with Gasteiger partial charge in [-0.25, -0.2) is 4.98 Å². The van der Waals surface area contributed by atoms with Crippen molar-refractivity contribution in [3.63, 3.8) is 0 Å². The first kappa shape index (κ1) is 12.1. The molecule has 90 valence electrons. The second-order valence-electron chi connectivity index (χ2n) is 4.12. The van der Waals surface area contributed by atoms with Crippen molar-refractivity contribution in [2.75, 3.05) is 25.1 Å². The Balaban J connectivity index is 1.88. The molecule has 1 fully saturated rings. The number of ether oxygens (including phenoxy) is 1. The second kappa shape index (κ2) is 5.84. The summed E-state index contributed by atoms with van der Waals surface area (Å²) in [6.45, 7) is 1.83. The van der Waals surface area contributed by atoms with Gasteiger partial charge in [-0.3, -0.25) is 0 Å². The molecule has 1 saturated heterocycles. The first-order valence-corrected chi connectivity index (χ1v) is 7.04. The molecule has 0 radical (unpaired) electrons. The van der Waals surface area contributed by atoms with E-state index >= 15 is 0 Å². The zero-order valence-corrected chi connectivity index (χ0v) is 11.1. The van der Waals surface area contributed by atoms with E-state index in [1.807, 2.05) is 5.38 Å².